The Bertz CT molecular complexity index is 700. The van der Waals surface area contributed by atoms with Crippen LogP contribution in [-0.2, 0) is 0 Å². The lowest BCUT2D eigenvalue weighted by atomic mass is 10.1. The van der Waals surface area contributed by atoms with Gasteiger partial charge in [0.1, 0.15) is 22.9 Å². The van der Waals surface area contributed by atoms with Crippen LogP contribution in [-0.4, -0.2) is 34.2 Å². The van der Waals surface area contributed by atoms with E-state index in [0.717, 1.165) is 0 Å². The number of anilines is 1. The van der Waals surface area contributed by atoms with E-state index in [9.17, 15) is 14.7 Å². The Balaban J connectivity index is 2.33. The number of methoxy groups -OCH3 is 1. The minimum atomic E-state index is -1.21. The summed E-state index contributed by atoms with van der Waals surface area (Å²) in [5.74, 6) is -1.86. The molecule has 0 saturated heterocycles. The number of nitrogens with one attached hydrogen (secondary N) is 1. The van der Waals surface area contributed by atoms with Gasteiger partial charge in [-0.05, 0) is 30.3 Å². The summed E-state index contributed by atoms with van der Waals surface area (Å²) in [6.07, 6.45) is 1.35. The smallest absolute Gasteiger partial charge is 0.339 e. The highest BCUT2D eigenvalue weighted by Crippen LogP contribution is 2.24. The van der Waals surface area contributed by atoms with Crippen LogP contribution in [0.3, 0.4) is 0 Å². The van der Waals surface area contributed by atoms with Crippen LogP contribution in [0.2, 0.25) is 0 Å². The number of rotatable bonds is 4. The lowest BCUT2D eigenvalue weighted by molar-refractivity contribution is 0.0697. The Kier molecular flexibility index (Phi) is 4.03. The first-order chi connectivity index (χ1) is 10.0. The number of carbonyl (C=O) groups excluding carboxylic acids is 1. The number of aromatic carboxylic acids is 1. The van der Waals surface area contributed by atoms with Gasteiger partial charge in [-0.15, -0.1) is 0 Å². The first kappa shape index (κ1) is 14.3. The predicted molar refractivity (Wildman–Crippen MR) is 73.8 cm³/mol. The van der Waals surface area contributed by atoms with Crippen LogP contribution in [0.15, 0.2) is 36.5 Å². The number of carboxylic acid groups (broad SMARTS) is 1. The molecule has 0 spiro atoms. The van der Waals surface area contributed by atoms with Gasteiger partial charge < -0.3 is 20.3 Å². The fourth-order valence-corrected chi connectivity index (χ4v) is 1.68. The Hall–Kier alpha value is -3.09. The van der Waals surface area contributed by atoms with Gasteiger partial charge in [-0.1, -0.05) is 0 Å². The fraction of sp³-hybridized carbons (Fsp3) is 0.0714. The molecular formula is C14H12N2O5. The summed E-state index contributed by atoms with van der Waals surface area (Å²) in [5, 5.41) is 21.1. The highest BCUT2D eigenvalue weighted by molar-refractivity contribution is 6.08. The molecule has 0 saturated carbocycles. The average Bonchev–Trinajstić information content (AvgIpc) is 2.48. The minimum absolute atomic E-state index is 0.0451. The van der Waals surface area contributed by atoms with Gasteiger partial charge in [0.15, 0.2) is 0 Å². The molecule has 7 heteroatoms. The van der Waals surface area contributed by atoms with E-state index in [4.69, 9.17) is 9.84 Å². The van der Waals surface area contributed by atoms with Gasteiger partial charge in [0.05, 0.1) is 12.7 Å². The van der Waals surface area contributed by atoms with E-state index in [0.29, 0.717) is 5.75 Å². The Labute approximate surface area is 119 Å². The molecule has 1 amide bonds. The summed E-state index contributed by atoms with van der Waals surface area (Å²) in [6, 6.07) is 6.91. The fourth-order valence-electron chi connectivity index (χ4n) is 1.68. The van der Waals surface area contributed by atoms with Gasteiger partial charge in [0, 0.05) is 6.20 Å². The molecule has 0 fully saturated rings. The zero-order chi connectivity index (χ0) is 15.4. The molecule has 0 atom stereocenters. The number of phenols is 1. The van der Waals surface area contributed by atoms with Crippen LogP contribution in [0.1, 0.15) is 20.7 Å². The third-order valence-electron chi connectivity index (χ3n) is 2.72. The number of pyridine rings is 1. The number of benzene rings is 1. The number of hydrogen-bond acceptors (Lipinski definition) is 5. The van der Waals surface area contributed by atoms with Crippen molar-refractivity contribution in [3.63, 3.8) is 0 Å². The second kappa shape index (κ2) is 5.91. The number of aromatic nitrogens is 1. The first-order valence-corrected chi connectivity index (χ1v) is 5.89. The van der Waals surface area contributed by atoms with Gasteiger partial charge in [-0.2, -0.15) is 0 Å². The van der Waals surface area contributed by atoms with Crippen molar-refractivity contribution in [1.82, 2.24) is 4.98 Å². The molecule has 0 aliphatic rings. The number of nitrogens with zero attached hydrogens (tertiary/aromatic N) is 1. The molecule has 0 bridgehead atoms. The number of aromatic hydroxyl groups is 1. The van der Waals surface area contributed by atoms with Crippen molar-refractivity contribution in [2.75, 3.05) is 12.4 Å². The monoisotopic (exact) mass is 288 g/mol. The summed E-state index contributed by atoms with van der Waals surface area (Å²) < 4.78 is 4.97. The van der Waals surface area contributed by atoms with E-state index < -0.39 is 11.9 Å². The van der Waals surface area contributed by atoms with Crippen molar-refractivity contribution in [2.45, 2.75) is 0 Å². The lowest BCUT2D eigenvalue weighted by Crippen LogP contribution is -2.16. The van der Waals surface area contributed by atoms with Crippen molar-refractivity contribution in [1.29, 1.82) is 0 Å². The Morgan fingerprint density at radius 3 is 2.67 bits per heavy atom. The summed E-state index contributed by atoms with van der Waals surface area (Å²) in [7, 11) is 1.43. The number of carbonyl (C=O) groups is 2. The first-order valence-electron chi connectivity index (χ1n) is 5.89. The molecule has 2 rings (SSSR count). The highest BCUT2D eigenvalue weighted by atomic mass is 16.5. The van der Waals surface area contributed by atoms with Crippen molar-refractivity contribution in [2.24, 2.45) is 0 Å². The molecule has 108 valence electrons. The van der Waals surface area contributed by atoms with Crippen LogP contribution in [0.25, 0.3) is 0 Å². The topological polar surface area (TPSA) is 109 Å². The molecule has 0 aliphatic carbocycles. The van der Waals surface area contributed by atoms with Crippen molar-refractivity contribution < 1.29 is 24.5 Å². The molecule has 1 heterocycles. The molecule has 0 unspecified atom stereocenters. The molecule has 3 N–H and O–H groups in total. The number of phenolic OH excluding ortho intramolecular Hbond substituents is 1. The van der Waals surface area contributed by atoms with E-state index in [1.54, 1.807) is 0 Å². The molecule has 1 aromatic heterocycles. The zero-order valence-electron chi connectivity index (χ0n) is 11.0. The zero-order valence-corrected chi connectivity index (χ0v) is 11.0. The predicted octanol–water partition coefficient (Wildman–Crippen LogP) is 1.75. The largest absolute Gasteiger partial charge is 0.507 e. The van der Waals surface area contributed by atoms with Gasteiger partial charge in [-0.25, -0.2) is 9.78 Å². The summed E-state index contributed by atoms with van der Waals surface area (Å²) in [4.78, 5) is 27.0. The summed E-state index contributed by atoms with van der Waals surface area (Å²) in [5.41, 5.74) is -0.190. The molecule has 7 nitrogen and oxygen atoms in total. The third kappa shape index (κ3) is 3.08. The van der Waals surface area contributed by atoms with E-state index in [1.807, 2.05) is 0 Å². The third-order valence-corrected chi connectivity index (χ3v) is 2.72. The molecule has 0 aliphatic heterocycles. The normalized spacial score (nSPS) is 9.95. The molecule has 1 aromatic carbocycles. The lowest BCUT2D eigenvalue weighted by Gasteiger charge is -2.09. The van der Waals surface area contributed by atoms with E-state index >= 15 is 0 Å². The molecule has 21 heavy (non-hydrogen) atoms. The second-order valence-electron chi connectivity index (χ2n) is 4.04. The van der Waals surface area contributed by atoms with Crippen LogP contribution >= 0.6 is 0 Å². The second-order valence-corrected chi connectivity index (χ2v) is 4.04. The minimum Gasteiger partial charge on any atom is -0.507 e. The van der Waals surface area contributed by atoms with Crippen molar-refractivity contribution in [3.05, 3.63) is 47.7 Å². The van der Waals surface area contributed by atoms with E-state index in [1.165, 1.54) is 43.6 Å². The molecule has 0 radical (unpaired) electrons. The van der Waals surface area contributed by atoms with Crippen LogP contribution in [0, 0.1) is 0 Å². The standard InChI is InChI=1S/C14H12N2O5/c1-21-8-4-5-11(17)10(7-8)13(18)16-12-9(14(19)20)3-2-6-15-12/h2-7,17H,1H3,(H,19,20)(H,15,16,18). The van der Waals surface area contributed by atoms with Gasteiger partial charge in [0.2, 0.25) is 0 Å². The Morgan fingerprint density at radius 2 is 2.00 bits per heavy atom. The van der Waals surface area contributed by atoms with Gasteiger partial charge >= 0.3 is 5.97 Å². The number of hydrogen-bond donors (Lipinski definition) is 3. The summed E-state index contributed by atoms with van der Waals surface area (Å²) in [6.45, 7) is 0. The number of carboxylic acids is 1. The molecular weight excluding hydrogens is 276 g/mol. The van der Waals surface area contributed by atoms with Crippen LogP contribution < -0.4 is 10.1 Å². The highest BCUT2D eigenvalue weighted by Gasteiger charge is 2.17. The maximum absolute atomic E-state index is 12.1. The quantitative estimate of drug-likeness (QED) is 0.790. The van der Waals surface area contributed by atoms with Crippen LogP contribution in [0.4, 0.5) is 5.82 Å². The Morgan fingerprint density at radius 1 is 1.24 bits per heavy atom. The average molecular weight is 288 g/mol. The SMILES string of the molecule is COc1ccc(O)c(C(=O)Nc2ncccc2C(=O)O)c1. The summed E-state index contributed by atoms with van der Waals surface area (Å²) >= 11 is 0. The number of amides is 1. The van der Waals surface area contributed by atoms with Crippen LogP contribution in [0.5, 0.6) is 11.5 Å². The van der Waals surface area contributed by atoms with Gasteiger partial charge in [0.25, 0.3) is 5.91 Å². The van der Waals surface area contributed by atoms with Crippen molar-refractivity contribution in [3.8, 4) is 11.5 Å². The number of ether oxygens (including phenoxy) is 1. The van der Waals surface area contributed by atoms with Gasteiger partial charge in [-0.3, -0.25) is 4.79 Å². The maximum atomic E-state index is 12.1. The molecule has 2 aromatic rings. The van der Waals surface area contributed by atoms with Crippen molar-refractivity contribution >= 4 is 17.7 Å². The maximum Gasteiger partial charge on any atom is 0.339 e. The van der Waals surface area contributed by atoms with E-state index in [-0.39, 0.29) is 22.7 Å². The van der Waals surface area contributed by atoms with E-state index in [2.05, 4.69) is 10.3 Å².